The van der Waals surface area contributed by atoms with Crippen molar-refractivity contribution in [2.75, 3.05) is 19.7 Å². The van der Waals surface area contributed by atoms with Gasteiger partial charge in [0, 0.05) is 30.6 Å². The van der Waals surface area contributed by atoms with E-state index in [0.717, 1.165) is 38.2 Å². The summed E-state index contributed by atoms with van der Waals surface area (Å²) in [4.78, 5) is 8.07. The molecular formula is C18H22N2O2S. The van der Waals surface area contributed by atoms with E-state index in [1.54, 1.807) is 12.4 Å². The Bertz CT molecular complexity index is 619. The summed E-state index contributed by atoms with van der Waals surface area (Å²) >= 11 is 1.84. The monoisotopic (exact) mass is 330 g/mol. The second-order valence-corrected chi connectivity index (χ2v) is 7.55. The van der Waals surface area contributed by atoms with E-state index in [1.165, 1.54) is 11.3 Å². The molecule has 0 unspecified atom stereocenters. The largest absolute Gasteiger partial charge is 0.486 e. The molecule has 4 rings (SSSR count). The van der Waals surface area contributed by atoms with Crippen molar-refractivity contribution in [3.8, 4) is 5.75 Å². The number of hydrogen-bond donors (Lipinski definition) is 0. The van der Waals surface area contributed by atoms with Gasteiger partial charge in [0.05, 0.1) is 18.4 Å². The molecule has 0 aliphatic carbocycles. The first-order chi connectivity index (χ1) is 11.3. The Morgan fingerprint density at radius 3 is 3.22 bits per heavy atom. The lowest BCUT2D eigenvalue weighted by molar-refractivity contribution is -0.0536. The van der Waals surface area contributed by atoms with Crippen LogP contribution in [-0.2, 0) is 11.3 Å². The number of ether oxygens (including phenoxy) is 2. The number of pyridine rings is 1. The van der Waals surface area contributed by atoms with Crippen LogP contribution in [0, 0.1) is 0 Å². The summed E-state index contributed by atoms with van der Waals surface area (Å²) in [5, 5.41) is 2.15. The Kier molecular flexibility index (Phi) is 4.33. The minimum absolute atomic E-state index is 0.0254. The van der Waals surface area contributed by atoms with E-state index in [0.29, 0.717) is 6.61 Å². The molecule has 0 bridgehead atoms. The molecule has 2 saturated heterocycles. The van der Waals surface area contributed by atoms with E-state index in [2.05, 4.69) is 27.4 Å². The van der Waals surface area contributed by atoms with Crippen molar-refractivity contribution < 1.29 is 9.47 Å². The highest BCUT2D eigenvalue weighted by molar-refractivity contribution is 7.09. The molecule has 2 aromatic rings. The van der Waals surface area contributed by atoms with Crippen LogP contribution in [-0.4, -0.2) is 41.3 Å². The summed E-state index contributed by atoms with van der Waals surface area (Å²) in [6.45, 7) is 3.90. The molecule has 0 radical (unpaired) electrons. The van der Waals surface area contributed by atoms with Crippen LogP contribution in [0.2, 0.25) is 0 Å². The third kappa shape index (κ3) is 3.57. The Balaban J connectivity index is 1.37. The first-order valence-corrected chi connectivity index (χ1v) is 9.15. The van der Waals surface area contributed by atoms with E-state index in [9.17, 15) is 0 Å². The molecule has 4 heterocycles. The molecule has 0 saturated carbocycles. The molecule has 0 amide bonds. The number of rotatable bonds is 4. The Morgan fingerprint density at radius 1 is 1.39 bits per heavy atom. The summed E-state index contributed by atoms with van der Waals surface area (Å²) in [6, 6.07) is 8.21. The van der Waals surface area contributed by atoms with Crippen LogP contribution in [0.15, 0.2) is 42.0 Å². The fourth-order valence-electron chi connectivity index (χ4n) is 3.72. The highest BCUT2D eigenvalue weighted by atomic mass is 32.1. The van der Waals surface area contributed by atoms with Crippen molar-refractivity contribution in [2.45, 2.75) is 37.5 Å². The van der Waals surface area contributed by atoms with E-state index in [4.69, 9.17) is 9.47 Å². The first-order valence-electron chi connectivity index (χ1n) is 8.27. The van der Waals surface area contributed by atoms with Crippen LogP contribution in [0.4, 0.5) is 0 Å². The zero-order chi connectivity index (χ0) is 15.5. The molecule has 0 aromatic carbocycles. The zero-order valence-electron chi connectivity index (χ0n) is 13.2. The van der Waals surface area contributed by atoms with Gasteiger partial charge >= 0.3 is 0 Å². The molecule has 2 aromatic heterocycles. The Hall–Kier alpha value is -1.43. The van der Waals surface area contributed by atoms with Gasteiger partial charge in [0.25, 0.3) is 0 Å². The van der Waals surface area contributed by atoms with Crippen LogP contribution in [0.3, 0.4) is 0 Å². The normalized spacial score (nSPS) is 28.3. The number of hydrogen-bond acceptors (Lipinski definition) is 5. The van der Waals surface area contributed by atoms with Gasteiger partial charge in [-0.3, -0.25) is 9.88 Å². The lowest BCUT2D eigenvalue weighted by Crippen LogP contribution is -2.47. The highest BCUT2D eigenvalue weighted by Crippen LogP contribution is 2.36. The number of piperidine rings is 1. The standard InChI is InChI=1S/C18H22N2O2S/c1-4-15(11-19-7-1)22-16-10-18(21-13-16)6-3-8-20(14-18)12-17-5-2-9-23-17/h1-2,4-5,7,9,11,16H,3,6,8,10,12-14H2/t16-,18-/m0/s1. The van der Waals surface area contributed by atoms with Gasteiger partial charge in [-0.15, -0.1) is 11.3 Å². The van der Waals surface area contributed by atoms with Crippen molar-refractivity contribution >= 4 is 11.3 Å². The van der Waals surface area contributed by atoms with Gasteiger partial charge in [-0.1, -0.05) is 6.07 Å². The maximum atomic E-state index is 6.23. The van der Waals surface area contributed by atoms with Crippen LogP contribution in [0.5, 0.6) is 5.75 Å². The summed E-state index contributed by atoms with van der Waals surface area (Å²) < 4.78 is 12.3. The smallest absolute Gasteiger partial charge is 0.138 e. The number of thiophene rings is 1. The van der Waals surface area contributed by atoms with Crippen molar-refractivity contribution in [1.29, 1.82) is 0 Å². The Morgan fingerprint density at radius 2 is 2.39 bits per heavy atom. The fraction of sp³-hybridized carbons (Fsp3) is 0.500. The van der Waals surface area contributed by atoms with Gasteiger partial charge in [-0.2, -0.15) is 0 Å². The molecule has 1 spiro atoms. The number of aromatic nitrogens is 1. The van der Waals surface area contributed by atoms with E-state index in [1.807, 2.05) is 23.5 Å². The summed E-state index contributed by atoms with van der Waals surface area (Å²) in [5.41, 5.74) is -0.0254. The van der Waals surface area contributed by atoms with Gasteiger partial charge in [0.2, 0.25) is 0 Å². The molecule has 2 aliphatic rings. The average Bonchev–Trinajstić information content (AvgIpc) is 3.19. The van der Waals surface area contributed by atoms with Gasteiger partial charge in [0.1, 0.15) is 11.9 Å². The maximum Gasteiger partial charge on any atom is 0.138 e. The second-order valence-electron chi connectivity index (χ2n) is 6.52. The van der Waals surface area contributed by atoms with Crippen LogP contribution in [0.25, 0.3) is 0 Å². The third-order valence-electron chi connectivity index (χ3n) is 4.69. The van der Waals surface area contributed by atoms with E-state index >= 15 is 0 Å². The minimum atomic E-state index is -0.0254. The minimum Gasteiger partial charge on any atom is -0.486 e. The first kappa shape index (κ1) is 15.1. The molecular weight excluding hydrogens is 308 g/mol. The van der Waals surface area contributed by atoms with Crippen molar-refractivity contribution in [2.24, 2.45) is 0 Å². The quantitative estimate of drug-likeness (QED) is 0.861. The number of nitrogens with zero attached hydrogens (tertiary/aromatic N) is 2. The molecule has 23 heavy (non-hydrogen) atoms. The summed E-state index contributed by atoms with van der Waals surface area (Å²) in [6.07, 6.45) is 6.99. The lowest BCUT2D eigenvalue weighted by Gasteiger charge is -2.39. The Labute approximate surface area is 141 Å². The molecule has 2 fully saturated rings. The molecule has 2 atom stereocenters. The predicted octanol–water partition coefficient (Wildman–Crippen LogP) is 3.35. The zero-order valence-corrected chi connectivity index (χ0v) is 14.0. The summed E-state index contributed by atoms with van der Waals surface area (Å²) in [5.74, 6) is 0.837. The highest BCUT2D eigenvalue weighted by Gasteiger charge is 2.44. The van der Waals surface area contributed by atoms with Gasteiger partial charge in [0.15, 0.2) is 0 Å². The van der Waals surface area contributed by atoms with Gasteiger partial charge in [-0.25, -0.2) is 0 Å². The summed E-state index contributed by atoms with van der Waals surface area (Å²) in [7, 11) is 0. The van der Waals surface area contributed by atoms with E-state index < -0.39 is 0 Å². The van der Waals surface area contributed by atoms with Crippen LogP contribution < -0.4 is 4.74 Å². The van der Waals surface area contributed by atoms with Crippen LogP contribution in [0.1, 0.15) is 24.1 Å². The van der Waals surface area contributed by atoms with Crippen molar-refractivity contribution in [3.63, 3.8) is 0 Å². The maximum absolute atomic E-state index is 6.23. The number of likely N-dealkylation sites (tertiary alicyclic amines) is 1. The van der Waals surface area contributed by atoms with E-state index in [-0.39, 0.29) is 11.7 Å². The van der Waals surface area contributed by atoms with Crippen molar-refractivity contribution in [3.05, 3.63) is 46.9 Å². The predicted molar refractivity (Wildman–Crippen MR) is 90.8 cm³/mol. The van der Waals surface area contributed by atoms with Crippen LogP contribution >= 0.6 is 11.3 Å². The SMILES string of the molecule is c1cncc(O[C@@H]2CO[C@@]3(CCCN(Cc4cccs4)C3)C2)c1. The fourth-order valence-corrected chi connectivity index (χ4v) is 4.47. The molecule has 4 nitrogen and oxygen atoms in total. The molecule has 0 N–H and O–H groups in total. The molecule has 122 valence electrons. The van der Waals surface area contributed by atoms with Gasteiger partial charge in [-0.05, 0) is 43.0 Å². The third-order valence-corrected chi connectivity index (χ3v) is 5.55. The molecule has 2 aliphatic heterocycles. The topological polar surface area (TPSA) is 34.6 Å². The second kappa shape index (κ2) is 6.59. The van der Waals surface area contributed by atoms with Crippen molar-refractivity contribution in [1.82, 2.24) is 9.88 Å². The lowest BCUT2D eigenvalue weighted by atomic mass is 9.89. The average molecular weight is 330 g/mol. The van der Waals surface area contributed by atoms with Gasteiger partial charge < -0.3 is 9.47 Å². The molecule has 5 heteroatoms.